The number of nitrogens with one attached hydrogen (secondary N) is 1. The molecule has 0 bridgehead atoms. The minimum atomic E-state index is -1.33. The largest absolute Gasteiger partial charge is 0.387 e. The van der Waals surface area contributed by atoms with Gasteiger partial charge in [-0.2, -0.15) is 0 Å². The molecule has 1 aromatic carbocycles. The van der Waals surface area contributed by atoms with Crippen LogP contribution < -0.4 is 5.32 Å². The van der Waals surface area contributed by atoms with E-state index in [-0.39, 0.29) is 24.6 Å². The maximum absolute atomic E-state index is 13.3. The van der Waals surface area contributed by atoms with Gasteiger partial charge in [-0.25, -0.2) is 8.78 Å². The van der Waals surface area contributed by atoms with E-state index in [0.717, 1.165) is 12.1 Å². The van der Waals surface area contributed by atoms with E-state index in [0.29, 0.717) is 0 Å². The maximum atomic E-state index is 13.3. The van der Waals surface area contributed by atoms with Gasteiger partial charge in [-0.15, -0.1) is 0 Å². The molecule has 6 heteroatoms. The van der Waals surface area contributed by atoms with E-state index in [1.165, 1.54) is 11.0 Å². The highest BCUT2D eigenvalue weighted by Crippen LogP contribution is 2.19. The van der Waals surface area contributed by atoms with Crippen molar-refractivity contribution < 1.29 is 18.7 Å². The highest BCUT2D eigenvalue weighted by Gasteiger charge is 2.17. The van der Waals surface area contributed by atoms with Gasteiger partial charge in [0.2, 0.25) is 5.91 Å². The zero-order chi connectivity index (χ0) is 13.7. The highest BCUT2D eigenvalue weighted by molar-refractivity contribution is 5.77. The Balaban J connectivity index is 2.56. The van der Waals surface area contributed by atoms with Crippen LogP contribution in [0.3, 0.4) is 0 Å². The van der Waals surface area contributed by atoms with Gasteiger partial charge >= 0.3 is 0 Å². The van der Waals surface area contributed by atoms with Crippen LogP contribution in [0.2, 0.25) is 0 Å². The number of hydrogen-bond acceptors (Lipinski definition) is 3. The zero-order valence-electron chi connectivity index (χ0n) is 10.3. The molecule has 0 aromatic heterocycles. The molecule has 1 rings (SSSR count). The molecule has 0 saturated heterocycles. The van der Waals surface area contributed by atoms with Crippen LogP contribution in [0, 0.1) is 11.6 Å². The highest BCUT2D eigenvalue weighted by atomic mass is 19.1. The first kappa shape index (κ1) is 14.5. The normalized spacial score (nSPS) is 12.3. The van der Waals surface area contributed by atoms with Gasteiger partial charge in [-0.05, 0) is 12.1 Å². The molecule has 1 aromatic rings. The van der Waals surface area contributed by atoms with Crippen molar-refractivity contribution in [3.05, 3.63) is 35.4 Å². The molecule has 4 nitrogen and oxygen atoms in total. The van der Waals surface area contributed by atoms with E-state index >= 15 is 0 Å². The van der Waals surface area contributed by atoms with E-state index in [1.807, 2.05) is 0 Å². The van der Waals surface area contributed by atoms with Crippen LogP contribution in [-0.2, 0) is 4.79 Å². The SMILES string of the molecule is CN(C)C(=O)CNCC(O)c1c(F)cccc1F. The average Bonchev–Trinajstić information content (AvgIpc) is 2.28. The first-order valence-electron chi connectivity index (χ1n) is 5.46. The molecule has 0 radical (unpaired) electrons. The second-order valence-electron chi connectivity index (χ2n) is 4.07. The van der Waals surface area contributed by atoms with Crippen molar-refractivity contribution in [2.45, 2.75) is 6.10 Å². The summed E-state index contributed by atoms with van der Waals surface area (Å²) in [5.41, 5.74) is -0.387. The summed E-state index contributed by atoms with van der Waals surface area (Å²) in [6, 6.07) is 3.38. The van der Waals surface area contributed by atoms with Crippen LogP contribution in [0.5, 0.6) is 0 Å². The fourth-order valence-corrected chi connectivity index (χ4v) is 1.41. The molecule has 0 saturated carbocycles. The first-order chi connectivity index (χ1) is 8.43. The molecular formula is C12H16F2N2O2. The summed E-state index contributed by atoms with van der Waals surface area (Å²) < 4.78 is 26.6. The third kappa shape index (κ3) is 3.75. The number of carbonyl (C=O) groups excluding carboxylic acids is 1. The van der Waals surface area contributed by atoms with Crippen molar-refractivity contribution in [3.8, 4) is 0 Å². The quantitative estimate of drug-likeness (QED) is 0.816. The van der Waals surface area contributed by atoms with Gasteiger partial charge in [0, 0.05) is 20.6 Å². The van der Waals surface area contributed by atoms with Crippen molar-refractivity contribution in [1.82, 2.24) is 10.2 Å². The number of hydrogen-bond donors (Lipinski definition) is 2. The lowest BCUT2D eigenvalue weighted by Crippen LogP contribution is -2.35. The number of aliphatic hydroxyl groups is 1. The second kappa shape index (κ2) is 6.42. The summed E-state index contributed by atoms with van der Waals surface area (Å²) >= 11 is 0. The van der Waals surface area contributed by atoms with Crippen LogP contribution >= 0.6 is 0 Å². The summed E-state index contributed by atoms with van der Waals surface area (Å²) in [6.45, 7) is -0.0996. The Morgan fingerprint density at radius 1 is 1.39 bits per heavy atom. The smallest absolute Gasteiger partial charge is 0.236 e. The van der Waals surface area contributed by atoms with Crippen molar-refractivity contribution in [2.24, 2.45) is 0 Å². The molecule has 0 heterocycles. The molecule has 0 aliphatic heterocycles. The lowest BCUT2D eigenvalue weighted by molar-refractivity contribution is -0.127. The molecular weight excluding hydrogens is 242 g/mol. The summed E-state index contributed by atoms with van der Waals surface area (Å²) in [4.78, 5) is 12.6. The van der Waals surface area contributed by atoms with Crippen LogP contribution in [0.4, 0.5) is 8.78 Å². The van der Waals surface area contributed by atoms with E-state index in [2.05, 4.69) is 5.32 Å². The van der Waals surface area contributed by atoms with E-state index in [9.17, 15) is 18.7 Å². The van der Waals surface area contributed by atoms with Crippen LogP contribution in [0.25, 0.3) is 0 Å². The lowest BCUT2D eigenvalue weighted by Gasteiger charge is -2.15. The minimum absolute atomic E-state index is 0.000131. The number of aliphatic hydroxyl groups excluding tert-OH is 1. The molecule has 0 spiro atoms. The third-order valence-corrected chi connectivity index (χ3v) is 2.45. The van der Waals surface area contributed by atoms with E-state index < -0.39 is 17.7 Å². The Hall–Kier alpha value is -1.53. The predicted molar refractivity (Wildman–Crippen MR) is 62.9 cm³/mol. The Kier molecular flexibility index (Phi) is 5.18. The van der Waals surface area contributed by atoms with Gasteiger partial charge in [-0.3, -0.25) is 4.79 Å². The number of halogens is 2. The molecule has 18 heavy (non-hydrogen) atoms. The second-order valence-corrected chi connectivity index (χ2v) is 4.07. The van der Waals surface area contributed by atoms with Crippen LogP contribution in [0.1, 0.15) is 11.7 Å². The molecule has 0 fully saturated rings. The van der Waals surface area contributed by atoms with E-state index in [1.54, 1.807) is 14.1 Å². The van der Waals surface area contributed by atoms with Gasteiger partial charge in [0.15, 0.2) is 0 Å². The van der Waals surface area contributed by atoms with Gasteiger partial charge in [0.05, 0.1) is 18.2 Å². The minimum Gasteiger partial charge on any atom is -0.387 e. The summed E-state index contributed by atoms with van der Waals surface area (Å²) in [6.07, 6.45) is -1.33. The van der Waals surface area contributed by atoms with Crippen molar-refractivity contribution >= 4 is 5.91 Å². The molecule has 0 aliphatic carbocycles. The predicted octanol–water partition coefficient (Wildman–Crippen LogP) is 0.676. The summed E-state index contributed by atoms with van der Waals surface area (Å²) in [5, 5.41) is 12.3. The Morgan fingerprint density at radius 3 is 2.44 bits per heavy atom. The Bertz CT molecular complexity index is 404. The van der Waals surface area contributed by atoms with Crippen molar-refractivity contribution in [3.63, 3.8) is 0 Å². The number of nitrogens with zero attached hydrogens (tertiary/aromatic N) is 1. The maximum Gasteiger partial charge on any atom is 0.236 e. The number of amides is 1. The van der Waals surface area contributed by atoms with Gasteiger partial charge in [0.25, 0.3) is 0 Å². The standard InChI is InChI=1S/C12H16F2N2O2/c1-16(2)11(18)7-15-6-10(17)12-8(13)4-3-5-9(12)14/h3-5,10,15,17H,6-7H2,1-2H3. The topological polar surface area (TPSA) is 52.6 Å². The monoisotopic (exact) mass is 258 g/mol. The third-order valence-electron chi connectivity index (χ3n) is 2.45. The number of carbonyl (C=O) groups is 1. The number of benzene rings is 1. The molecule has 1 amide bonds. The first-order valence-corrected chi connectivity index (χ1v) is 5.46. The van der Waals surface area contributed by atoms with Crippen molar-refractivity contribution in [2.75, 3.05) is 27.2 Å². The van der Waals surface area contributed by atoms with Crippen molar-refractivity contribution in [1.29, 1.82) is 0 Å². The van der Waals surface area contributed by atoms with Crippen LogP contribution in [0.15, 0.2) is 18.2 Å². The van der Waals surface area contributed by atoms with E-state index in [4.69, 9.17) is 0 Å². The zero-order valence-corrected chi connectivity index (χ0v) is 10.3. The fourth-order valence-electron chi connectivity index (χ4n) is 1.41. The fraction of sp³-hybridized carbons (Fsp3) is 0.417. The Labute approximate surface area is 104 Å². The average molecular weight is 258 g/mol. The van der Waals surface area contributed by atoms with Gasteiger partial charge in [0.1, 0.15) is 11.6 Å². The number of likely N-dealkylation sites (N-methyl/N-ethyl adjacent to an activating group) is 1. The van der Waals surface area contributed by atoms with Gasteiger partial charge in [-0.1, -0.05) is 6.07 Å². The Morgan fingerprint density at radius 2 is 1.94 bits per heavy atom. The summed E-state index contributed by atoms with van der Waals surface area (Å²) in [7, 11) is 3.19. The molecule has 1 unspecified atom stereocenters. The molecule has 1 atom stereocenters. The molecule has 0 aliphatic rings. The molecule has 2 N–H and O–H groups in total. The molecule has 100 valence electrons. The summed E-state index contributed by atoms with van der Waals surface area (Å²) in [5.74, 6) is -1.79. The lowest BCUT2D eigenvalue weighted by atomic mass is 10.1. The van der Waals surface area contributed by atoms with Gasteiger partial charge < -0.3 is 15.3 Å². The number of rotatable bonds is 5. The van der Waals surface area contributed by atoms with Crippen LogP contribution in [-0.4, -0.2) is 43.1 Å².